The summed E-state index contributed by atoms with van der Waals surface area (Å²) in [7, 11) is 0.438. The zero-order valence-electron chi connectivity index (χ0n) is 6.83. The van der Waals surface area contributed by atoms with Crippen LogP contribution in [0.2, 0.25) is 0 Å². The maximum Gasteiger partial charge on any atom is 0.217 e. The van der Waals surface area contributed by atoms with Gasteiger partial charge in [0.05, 0.1) is 27.4 Å². The molecule has 0 aromatic rings. The molecule has 0 spiro atoms. The number of hydrogen-bond acceptors (Lipinski definition) is 4. The van der Waals surface area contributed by atoms with E-state index in [-0.39, 0.29) is 0 Å². The molecule has 0 saturated carbocycles. The second-order valence-electron chi connectivity index (χ2n) is 1.86. The van der Waals surface area contributed by atoms with Gasteiger partial charge in [-0.3, -0.25) is 4.18 Å². The van der Waals surface area contributed by atoms with E-state index in [0.29, 0.717) is 0 Å². The van der Waals surface area contributed by atoms with Crippen molar-refractivity contribution in [1.29, 1.82) is 0 Å². The maximum absolute atomic E-state index is 9.22. The lowest BCUT2D eigenvalue weighted by Crippen LogP contribution is -3.00. The molecule has 0 amide bonds. The maximum atomic E-state index is 9.22. The molecule has 0 aliphatic heterocycles. The molecule has 0 fully saturated rings. The van der Waals surface area contributed by atoms with Gasteiger partial charge in [-0.25, -0.2) is 8.42 Å². The van der Waals surface area contributed by atoms with Gasteiger partial charge in [0, 0.05) is 0 Å². The molecule has 0 rings (SSSR count). The van der Waals surface area contributed by atoms with E-state index in [1.54, 1.807) is 0 Å². The number of nitrogens with one attached hydrogen (secondary N) is 1. The molecule has 0 radical (unpaired) electrons. The van der Waals surface area contributed by atoms with Crippen molar-refractivity contribution in [2.75, 3.05) is 21.2 Å². The Morgan fingerprint density at radius 2 is 1.73 bits per heavy atom. The Labute approximate surface area is 67.2 Å². The first-order valence-electron chi connectivity index (χ1n) is 2.77. The van der Waals surface area contributed by atoms with E-state index in [0.717, 1.165) is 7.11 Å². The van der Waals surface area contributed by atoms with E-state index in [4.69, 9.17) is 0 Å². The third-order valence-corrected chi connectivity index (χ3v) is 1.02. The van der Waals surface area contributed by atoms with E-state index < -0.39 is 10.4 Å². The molecule has 0 heterocycles. The summed E-state index contributed by atoms with van der Waals surface area (Å²) in [4.78, 5) is 1.27. The van der Waals surface area contributed by atoms with Gasteiger partial charge in [0.15, 0.2) is 0 Å². The fourth-order valence-corrected chi connectivity index (χ4v) is 0. The van der Waals surface area contributed by atoms with Crippen molar-refractivity contribution < 1.29 is 22.1 Å². The van der Waals surface area contributed by atoms with Gasteiger partial charge in [-0.05, 0) is 6.58 Å². The summed E-state index contributed by atoms with van der Waals surface area (Å²) in [5.74, 6) is 0. The Hall–Kier alpha value is -0.430. The largest absolute Gasteiger partial charge is 0.726 e. The molecule has 0 aliphatic carbocycles. The monoisotopic (exact) mass is 183 g/mol. The Balaban J connectivity index is 0. The summed E-state index contributed by atoms with van der Waals surface area (Å²) in [6.07, 6.45) is 1.83. The van der Waals surface area contributed by atoms with Crippen LogP contribution in [-0.4, -0.2) is 34.2 Å². The lowest BCUT2D eigenvalue weighted by atomic mass is 10.9. The smallest absolute Gasteiger partial charge is 0.217 e. The molecule has 0 atom stereocenters. The molecule has 0 saturated heterocycles. The molecule has 5 nitrogen and oxygen atoms in total. The minimum absolute atomic E-state index is 0.808. The van der Waals surface area contributed by atoms with Crippen molar-refractivity contribution in [3.8, 4) is 0 Å². The highest BCUT2D eigenvalue weighted by Crippen LogP contribution is 1.74. The van der Waals surface area contributed by atoms with E-state index in [9.17, 15) is 13.0 Å². The first-order chi connectivity index (χ1) is 4.83. The first-order valence-corrected chi connectivity index (χ1v) is 4.11. The Morgan fingerprint density at radius 3 is 1.73 bits per heavy atom. The minimum Gasteiger partial charge on any atom is -0.726 e. The van der Waals surface area contributed by atoms with Gasteiger partial charge in [-0.15, -0.1) is 0 Å². The third-order valence-electron chi connectivity index (χ3n) is 0.612. The Kier molecular flexibility index (Phi) is 7.54. The van der Waals surface area contributed by atoms with Crippen LogP contribution in [0.25, 0.3) is 0 Å². The van der Waals surface area contributed by atoms with Crippen molar-refractivity contribution >= 4 is 10.4 Å². The predicted octanol–water partition coefficient (Wildman–Crippen LogP) is -1.63. The van der Waals surface area contributed by atoms with Crippen LogP contribution in [0.4, 0.5) is 0 Å². The average Bonchev–Trinajstić information content (AvgIpc) is 1.88. The quantitative estimate of drug-likeness (QED) is 0.412. The van der Waals surface area contributed by atoms with Crippen LogP contribution in [-0.2, 0) is 14.6 Å². The predicted molar refractivity (Wildman–Crippen MR) is 39.7 cm³/mol. The van der Waals surface area contributed by atoms with Crippen LogP contribution in [0.5, 0.6) is 0 Å². The van der Waals surface area contributed by atoms with E-state index >= 15 is 0 Å². The molecule has 0 bridgehead atoms. The number of rotatable bonds is 2. The van der Waals surface area contributed by atoms with Gasteiger partial charge in [0.2, 0.25) is 10.4 Å². The summed E-state index contributed by atoms with van der Waals surface area (Å²) in [6, 6.07) is 0. The lowest BCUT2D eigenvalue weighted by molar-refractivity contribution is -0.801. The first kappa shape index (κ1) is 13.2. The Bertz CT molecular complexity index is 185. The molecule has 0 aliphatic rings. The van der Waals surface area contributed by atoms with Crippen molar-refractivity contribution in [3.05, 3.63) is 12.8 Å². The zero-order valence-corrected chi connectivity index (χ0v) is 7.64. The van der Waals surface area contributed by atoms with Crippen LogP contribution in [0, 0.1) is 0 Å². The number of quaternary nitrogens is 1. The minimum atomic E-state index is -4.41. The second-order valence-corrected chi connectivity index (χ2v) is 3.01. The summed E-state index contributed by atoms with van der Waals surface area (Å²) in [6.45, 7) is 3.52. The van der Waals surface area contributed by atoms with Crippen molar-refractivity contribution in [3.63, 3.8) is 0 Å². The lowest BCUT2D eigenvalue weighted by Gasteiger charge is -1.98. The molecular weight excluding hydrogens is 170 g/mol. The molecule has 0 aromatic heterocycles. The van der Waals surface area contributed by atoms with Crippen molar-refractivity contribution in [2.45, 2.75) is 0 Å². The molecule has 0 aromatic carbocycles. The fourth-order valence-electron chi connectivity index (χ4n) is 0. The van der Waals surface area contributed by atoms with E-state index in [2.05, 4.69) is 10.8 Å². The molecule has 11 heavy (non-hydrogen) atoms. The topological polar surface area (TPSA) is 70.9 Å². The van der Waals surface area contributed by atoms with Gasteiger partial charge < -0.3 is 9.45 Å². The molecule has 68 valence electrons. The second kappa shape index (κ2) is 6.29. The third kappa shape index (κ3) is 26.3. The van der Waals surface area contributed by atoms with Gasteiger partial charge >= 0.3 is 0 Å². The zero-order chi connectivity index (χ0) is 9.49. The Morgan fingerprint density at radius 1 is 1.55 bits per heavy atom. The van der Waals surface area contributed by atoms with Crippen molar-refractivity contribution in [2.24, 2.45) is 0 Å². The molecule has 1 N–H and O–H groups in total. The van der Waals surface area contributed by atoms with Gasteiger partial charge in [0.1, 0.15) is 0 Å². The van der Waals surface area contributed by atoms with Crippen LogP contribution in [0.15, 0.2) is 12.8 Å². The summed E-state index contributed by atoms with van der Waals surface area (Å²) in [5.41, 5.74) is 0. The van der Waals surface area contributed by atoms with Crippen LogP contribution in [0.1, 0.15) is 0 Å². The van der Waals surface area contributed by atoms with Gasteiger partial charge in [-0.2, -0.15) is 0 Å². The van der Waals surface area contributed by atoms with Crippen LogP contribution >= 0.6 is 0 Å². The molecular formula is C5H13NO4S. The summed E-state index contributed by atoms with van der Waals surface area (Å²) in [5, 5.41) is 0. The molecule has 6 heteroatoms. The SMILES string of the molecule is C=C[NH+](C)C.COS(=O)(=O)[O-]. The highest BCUT2D eigenvalue weighted by molar-refractivity contribution is 7.80. The van der Waals surface area contributed by atoms with E-state index in [1.165, 1.54) is 4.90 Å². The summed E-state index contributed by atoms with van der Waals surface area (Å²) >= 11 is 0. The summed E-state index contributed by atoms with van der Waals surface area (Å²) < 4.78 is 31.0. The standard InChI is InChI=1S/C4H9N.CH4O4S/c1-4-5(2)3;1-5-6(2,3)4/h4H,1H2,2-3H3;1H3,(H,2,3,4). The van der Waals surface area contributed by atoms with E-state index in [1.807, 2.05) is 20.3 Å². The normalized spacial score (nSPS) is 10.3. The highest BCUT2D eigenvalue weighted by atomic mass is 32.3. The highest BCUT2D eigenvalue weighted by Gasteiger charge is 1.79. The van der Waals surface area contributed by atoms with Crippen LogP contribution in [0.3, 0.4) is 0 Å². The van der Waals surface area contributed by atoms with Crippen LogP contribution < -0.4 is 4.90 Å². The average molecular weight is 183 g/mol. The van der Waals surface area contributed by atoms with Crippen molar-refractivity contribution in [1.82, 2.24) is 0 Å². The molecule has 0 unspecified atom stereocenters. The van der Waals surface area contributed by atoms with Gasteiger partial charge in [-0.1, -0.05) is 0 Å². The van der Waals surface area contributed by atoms with Gasteiger partial charge in [0.25, 0.3) is 0 Å². The number of hydrogen-bond donors (Lipinski definition) is 1. The fraction of sp³-hybridized carbons (Fsp3) is 0.600.